The Kier molecular flexibility index (Phi) is 2.13. The molecule has 0 bridgehead atoms. The van der Waals surface area contributed by atoms with E-state index < -0.39 is 0 Å². The van der Waals surface area contributed by atoms with Crippen molar-refractivity contribution in [3.63, 3.8) is 0 Å². The second-order valence-corrected chi connectivity index (χ2v) is 6.25. The third kappa shape index (κ3) is 1.42. The molecule has 0 amide bonds. The van der Waals surface area contributed by atoms with Crippen LogP contribution >= 0.6 is 0 Å². The van der Waals surface area contributed by atoms with Gasteiger partial charge in [0.05, 0.1) is 0 Å². The van der Waals surface area contributed by atoms with Crippen LogP contribution in [0.15, 0.2) is 23.4 Å². The van der Waals surface area contributed by atoms with Gasteiger partial charge >= 0.3 is 57.4 Å². The monoisotopic (exact) mass is 276 g/mol. The molecule has 1 aliphatic rings. The van der Waals surface area contributed by atoms with E-state index >= 15 is 0 Å². The maximum atomic E-state index is 2.28. The first-order valence-electron chi connectivity index (χ1n) is 2.39. The Balaban J connectivity index is 2.45. The van der Waals surface area contributed by atoms with Crippen LogP contribution in [0, 0.1) is 0 Å². The zero-order chi connectivity index (χ0) is 5.11. The van der Waals surface area contributed by atoms with E-state index in [2.05, 4.69) is 18.2 Å². The van der Waals surface area contributed by atoms with Crippen LogP contribution in [-0.4, -0.2) is 7.28 Å². The molecule has 2 heteroatoms. The molecule has 0 unspecified atom stereocenters. The average Bonchev–Trinajstić information content (AvgIpc) is 2.14. The van der Waals surface area contributed by atoms with Gasteiger partial charge in [-0.05, 0) is 0 Å². The quantitative estimate of drug-likeness (QED) is 0.610. The van der Waals surface area contributed by atoms with Gasteiger partial charge in [0.1, 0.15) is 0 Å². The predicted octanol–water partition coefficient (Wildman–Crippen LogP) is 0.461. The second kappa shape index (κ2) is 2.67. The standard InChI is InChI=1S/C5H7Si.Ta/c6-5-3-1-2-4-5;/h1-3H,4,6H2;. The summed E-state index contributed by atoms with van der Waals surface area (Å²) in [4.78, 5) is 0. The van der Waals surface area contributed by atoms with E-state index in [4.69, 9.17) is 0 Å². The molecule has 0 aliphatic heterocycles. The SMILES string of the molecule is [Ta][SiH2]C1=CC=CC1. The van der Waals surface area contributed by atoms with Gasteiger partial charge in [0.2, 0.25) is 0 Å². The van der Waals surface area contributed by atoms with E-state index in [9.17, 15) is 0 Å². The first-order chi connectivity index (χ1) is 3.43. The molecule has 7 heavy (non-hydrogen) atoms. The molecule has 0 saturated carbocycles. The van der Waals surface area contributed by atoms with Crippen molar-refractivity contribution in [3.05, 3.63) is 23.4 Å². The van der Waals surface area contributed by atoms with Crippen LogP contribution in [0.3, 0.4) is 0 Å². The van der Waals surface area contributed by atoms with Gasteiger partial charge in [0.15, 0.2) is 0 Å². The molecule has 0 heterocycles. The van der Waals surface area contributed by atoms with Crippen LogP contribution in [0.4, 0.5) is 0 Å². The van der Waals surface area contributed by atoms with Crippen molar-refractivity contribution in [2.24, 2.45) is 0 Å². The minimum absolute atomic E-state index is 0.300. The molecule has 0 saturated heterocycles. The fourth-order valence-electron chi connectivity index (χ4n) is 0.609. The van der Waals surface area contributed by atoms with E-state index in [-0.39, 0.29) is 0 Å². The van der Waals surface area contributed by atoms with Crippen LogP contribution in [-0.2, 0) is 20.3 Å². The van der Waals surface area contributed by atoms with E-state index in [0.29, 0.717) is 7.28 Å². The molecule has 0 N–H and O–H groups in total. The summed E-state index contributed by atoms with van der Waals surface area (Å²) in [5, 5.41) is 1.74. The summed E-state index contributed by atoms with van der Waals surface area (Å²) in [7, 11) is 0.300. The van der Waals surface area contributed by atoms with E-state index in [1.807, 2.05) is 0 Å². The van der Waals surface area contributed by atoms with Crippen molar-refractivity contribution in [3.8, 4) is 0 Å². The molecule has 0 fully saturated rings. The number of rotatable bonds is 1. The zero-order valence-corrected chi connectivity index (χ0v) is 8.72. The normalized spacial score (nSPS) is 19.1. The first-order valence-corrected chi connectivity index (χ1v) is 10.5. The topological polar surface area (TPSA) is 0 Å². The van der Waals surface area contributed by atoms with Gasteiger partial charge in [-0.2, -0.15) is 0 Å². The third-order valence-electron chi connectivity index (χ3n) is 1.05. The fourth-order valence-corrected chi connectivity index (χ4v) is 3.67. The van der Waals surface area contributed by atoms with Crippen molar-refractivity contribution in [1.82, 2.24) is 0 Å². The van der Waals surface area contributed by atoms with Crippen molar-refractivity contribution < 1.29 is 20.3 Å². The molecular formula is C5H7SiTa. The van der Waals surface area contributed by atoms with Gasteiger partial charge in [-0.15, -0.1) is 0 Å². The molecule has 0 aromatic heterocycles. The molecule has 0 aromatic carbocycles. The average molecular weight is 276 g/mol. The summed E-state index contributed by atoms with van der Waals surface area (Å²) < 4.78 is 0. The number of hydrogen-bond donors (Lipinski definition) is 0. The Morgan fingerprint density at radius 2 is 2.57 bits per heavy atom. The zero-order valence-electron chi connectivity index (χ0n) is 4.09. The van der Waals surface area contributed by atoms with Gasteiger partial charge in [-0.3, -0.25) is 0 Å². The summed E-state index contributed by atoms with van der Waals surface area (Å²) in [5.41, 5.74) is 0. The van der Waals surface area contributed by atoms with E-state index in [1.165, 1.54) is 6.42 Å². The Morgan fingerprint density at radius 1 is 1.71 bits per heavy atom. The minimum atomic E-state index is 0.300. The van der Waals surface area contributed by atoms with Crippen LogP contribution < -0.4 is 0 Å². The Morgan fingerprint density at radius 3 is 2.86 bits per heavy atom. The summed E-state index contributed by atoms with van der Waals surface area (Å²) >= 11 is 1.64. The van der Waals surface area contributed by atoms with Gasteiger partial charge < -0.3 is 0 Å². The summed E-state index contributed by atoms with van der Waals surface area (Å²) in [6, 6.07) is 0. The molecule has 0 spiro atoms. The van der Waals surface area contributed by atoms with E-state index in [0.717, 1.165) is 0 Å². The molecule has 0 nitrogen and oxygen atoms in total. The van der Waals surface area contributed by atoms with Crippen LogP contribution in [0.25, 0.3) is 0 Å². The summed E-state index contributed by atoms with van der Waals surface area (Å²) in [5.74, 6) is 0. The molecule has 36 valence electrons. The van der Waals surface area contributed by atoms with Gasteiger partial charge in [0, 0.05) is 0 Å². The third-order valence-corrected chi connectivity index (χ3v) is 6.36. The number of allylic oxidation sites excluding steroid dienone is 4. The van der Waals surface area contributed by atoms with Crippen molar-refractivity contribution in [2.75, 3.05) is 0 Å². The van der Waals surface area contributed by atoms with Gasteiger partial charge in [-0.25, -0.2) is 0 Å². The Hall–Kier alpha value is 0.437. The van der Waals surface area contributed by atoms with Gasteiger partial charge in [-0.1, -0.05) is 0 Å². The summed E-state index contributed by atoms with van der Waals surface area (Å²) in [6.45, 7) is 0. The predicted molar refractivity (Wildman–Crippen MR) is 30.4 cm³/mol. The van der Waals surface area contributed by atoms with Crippen LogP contribution in [0.2, 0.25) is 0 Å². The molecule has 1 rings (SSSR count). The molecular weight excluding hydrogens is 269 g/mol. The van der Waals surface area contributed by atoms with Crippen LogP contribution in [0.5, 0.6) is 0 Å². The molecule has 1 aliphatic carbocycles. The number of hydrogen-bond acceptors (Lipinski definition) is 0. The van der Waals surface area contributed by atoms with Gasteiger partial charge in [0.25, 0.3) is 0 Å². The van der Waals surface area contributed by atoms with Crippen molar-refractivity contribution in [1.29, 1.82) is 0 Å². The van der Waals surface area contributed by atoms with E-state index in [1.54, 1.807) is 25.5 Å². The molecule has 0 radical (unpaired) electrons. The molecule has 0 atom stereocenters. The first kappa shape index (κ1) is 5.57. The summed E-state index contributed by atoms with van der Waals surface area (Å²) in [6.07, 6.45) is 7.99. The second-order valence-electron chi connectivity index (χ2n) is 1.62. The van der Waals surface area contributed by atoms with Crippen LogP contribution in [0.1, 0.15) is 6.42 Å². The van der Waals surface area contributed by atoms with Crippen molar-refractivity contribution >= 4 is 7.28 Å². The fraction of sp³-hybridized carbons (Fsp3) is 0.200. The van der Waals surface area contributed by atoms with Crippen molar-refractivity contribution in [2.45, 2.75) is 6.42 Å². The maximum absolute atomic E-state index is 2.28. The Bertz CT molecular complexity index is 115. The Labute approximate surface area is 57.6 Å². The molecule has 0 aromatic rings.